The average molecular weight is 694 g/mol. The zero-order chi connectivity index (χ0) is 35.5. The largest absolute Gasteiger partial charge is 0.208 e. The number of fused-ring (bicyclic) bond motifs is 6. The lowest BCUT2D eigenvalue weighted by Gasteiger charge is -2.20. The summed E-state index contributed by atoms with van der Waals surface area (Å²) in [4.78, 5) is 15.5. The second-order valence-electron chi connectivity index (χ2n) is 14.5. The summed E-state index contributed by atoms with van der Waals surface area (Å²) in [6.45, 7) is 4.95. The molecule has 0 amide bonds. The Morgan fingerprint density at radius 3 is 1.51 bits per heavy atom. The van der Waals surface area contributed by atoms with Gasteiger partial charge in [-0.3, -0.25) is 0 Å². The highest BCUT2D eigenvalue weighted by atomic mass is 28.3. The first-order valence-electron chi connectivity index (χ1n) is 18.2. The van der Waals surface area contributed by atoms with Crippen LogP contribution in [0.15, 0.2) is 176 Å². The highest BCUT2D eigenvalue weighted by Crippen LogP contribution is 2.36. The topological polar surface area (TPSA) is 38.7 Å². The third-order valence-corrected chi connectivity index (χ3v) is 14.5. The van der Waals surface area contributed by atoms with E-state index in [1.807, 2.05) is 6.07 Å². The van der Waals surface area contributed by atoms with Crippen molar-refractivity contribution >= 4 is 40.0 Å². The van der Waals surface area contributed by atoms with Gasteiger partial charge in [0.1, 0.15) is 8.07 Å². The number of hydrogen-bond acceptors (Lipinski definition) is 3. The highest BCUT2D eigenvalue weighted by molar-refractivity contribution is 7.05. The summed E-state index contributed by atoms with van der Waals surface area (Å²) in [5, 5.41) is 7.98. The van der Waals surface area contributed by atoms with E-state index >= 15 is 0 Å². The minimum absolute atomic E-state index is 0.658. The molecule has 1 aliphatic heterocycles. The fourth-order valence-corrected chi connectivity index (χ4v) is 11.6. The van der Waals surface area contributed by atoms with Gasteiger partial charge in [-0.1, -0.05) is 171 Å². The number of nitrogens with zero attached hydrogens (tertiary/aromatic N) is 3. The van der Waals surface area contributed by atoms with Crippen LogP contribution >= 0.6 is 0 Å². The Hall–Kier alpha value is -6.49. The van der Waals surface area contributed by atoms with Gasteiger partial charge in [0.15, 0.2) is 17.5 Å². The molecule has 3 nitrogen and oxygen atoms in total. The molecule has 53 heavy (non-hydrogen) atoms. The zero-order valence-electron chi connectivity index (χ0n) is 29.6. The minimum atomic E-state index is -1.94. The van der Waals surface area contributed by atoms with Crippen LogP contribution in [0.25, 0.3) is 89.1 Å². The van der Waals surface area contributed by atoms with Crippen molar-refractivity contribution in [2.75, 3.05) is 0 Å². The molecule has 2 heterocycles. The average Bonchev–Trinajstić information content (AvgIpc) is 3.46. The minimum Gasteiger partial charge on any atom is -0.208 e. The molecule has 0 N–H and O–H groups in total. The second kappa shape index (κ2) is 12.3. The van der Waals surface area contributed by atoms with Crippen LogP contribution in [0.4, 0.5) is 0 Å². The van der Waals surface area contributed by atoms with Crippen molar-refractivity contribution in [2.45, 2.75) is 13.1 Å². The maximum atomic E-state index is 5.19. The van der Waals surface area contributed by atoms with Crippen molar-refractivity contribution < 1.29 is 0 Å². The van der Waals surface area contributed by atoms with E-state index in [4.69, 9.17) is 15.0 Å². The van der Waals surface area contributed by atoms with Crippen LogP contribution in [0.3, 0.4) is 0 Å². The zero-order valence-corrected chi connectivity index (χ0v) is 30.6. The van der Waals surface area contributed by atoms with Gasteiger partial charge in [-0.2, -0.15) is 0 Å². The van der Waals surface area contributed by atoms with Gasteiger partial charge < -0.3 is 0 Å². The van der Waals surface area contributed by atoms with Crippen LogP contribution in [0.5, 0.6) is 0 Å². The molecule has 0 radical (unpaired) electrons. The van der Waals surface area contributed by atoms with Crippen LogP contribution in [-0.2, 0) is 0 Å². The Morgan fingerprint density at radius 1 is 0.340 bits per heavy atom. The Morgan fingerprint density at radius 2 is 0.811 bits per heavy atom. The molecule has 0 fully saturated rings. The molecule has 0 saturated carbocycles. The predicted octanol–water partition coefficient (Wildman–Crippen LogP) is 11.3. The monoisotopic (exact) mass is 693 g/mol. The second-order valence-corrected chi connectivity index (χ2v) is 18.8. The van der Waals surface area contributed by atoms with Crippen LogP contribution in [0.2, 0.25) is 13.1 Å². The quantitative estimate of drug-likeness (QED) is 0.168. The molecule has 0 spiro atoms. The molecule has 250 valence electrons. The van der Waals surface area contributed by atoms with Crippen LogP contribution in [0, 0.1) is 0 Å². The molecular formula is C49H35N3Si. The number of aromatic nitrogens is 3. The van der Waals surface area contributed by atoms with Gasteiger partial charge in [0, 0.05) is 16.7 Å². The molecule has 0 bridgehead atoms. The molecule has 9 aromatic rings. The summed E-state index contributed by atoms with van der Waals surface area (Å²) < 4.78 is 0. The van der Waals surface area contributed by atoms with Crippen LogP contribution < -0.4 is 10.4 Å². The van der Waals surface area contributed by atoms with E-state index in [1.54, 1.807) is 0 Å². The fraction of sp³-hybridized carbons (Fsp3) is 0.0408. The maximum Gasteiger partial charge on any atom is 0.164 e. The maximum absolute atomic E-state index is 5.19. The van der Waals surface area contributed by atoms with E-state index < -0.39 is 8.07 Å². The van der Waals surface area contributed by atoms with Crippen molar-refractivity contribution in [1.82, 2.24) is 15.0 Å². The third-order valence-electron chi connectivity index (χ3n) is 10.9. The molecule has 0 saturated heterocycles. The Bertz CT molecular complexity index is 2850. The summed E-state index contributed by atoms with van der Waals surface area (Å²) in [6.07, 6.45) is 0. The standard InChI is InChI=1S/C49H35N3Si/c1-53(2)45-28-26-41(31-44(45)43-27-25-35-15-9-10-16-42(35)46(43)53)49-51-47(36-19-17-34(18-20-36)32-11-5-3-6-12-32)50-48(52-49)40-24-23-38-29-37(21-22-39(38)30-40)33-13-7-4-8-14-33/h3-31H,1-2H3. The molecule has 4 heteroatoms. The SMILES string of the molecule is C[Si]1(C)c2ccc(-c3nc(-c4ccc(-c5ccccc5)cc4)nc(-c4ccc5cc(-c6ccccc6)ccc5c4)n3)cc2-c2ccc3ccccc3c21. The molecule has 10 rings (SSSR count). The lowest BCUT2D eigenvalue weighted by Crippen LogP contribution is -2.49. The molecule has 0 atom stereocenters. The molecule has 1 aliphatic rings. The Labute approximate surface area is 310 Å². The van der Waals surface area contributed by atoms with Gasteiger partial charge in [0.2, 0.25) is 0 Å². The van der Waals surface area contributed by atoms with Crippen LogP contribution in [-0.4, -0.2) is 23.0 Å². The number of hydrogen-bond donors (Lipinski definition) is 0. The normalized spacial score (nSPS) is 12.9. The van der Waals surface area contributed by atoms with Gasteiger partial charge in [-0.25, -0.2) is 15.0 Å². The first-order chi connectivity index (χ1) is 26.0. The molecule has 8 aromatic carbocycles. The van der Waals surface area contributed by atoms with Crippen molar-refractivity contribution in [1.29, 1.82) is 0 Å². The van der Waals surface area contributed by atoms with Crippen molar-refractivity contribution in [3.05, 3.63) is 176 Å². The van der Waals surface area contributed by atoms with Gasteiger partial charge in [-0.05, 0) is 83.5 Å². The molecule has 1 aromatic heterocycles. The van der Waals surface area contributed by atoms with Crippen LogP contribution in [0.1, 0.15) is 0 Å². The van der Waals surface area contributed by atoms with Gasteiger partial charge >= 0.3 is 0 Å². The van der Waals surface area contributed by atoms with Gasteiger partial charge in [0.25, 0.3) is 0 Å². The predicted molar refractivity (Wildman–Crippen MR) is 224 cm³/mol. The summed E-state index contributed by atoms with van der Waals surface area (Å²) in [6, 6.07) is 62.9. The van der Waals surface area contributed by atoms with E-state index in [0.717, 1.165) is 27.6 Å². The van der Waals surface area contributed by atoms with E-state index in [1.165, 1.54) is 54.3 Å². The summed E-state index contributed by atoms with van der Waals surface area (Å²) in [5.74, 6) is 1.99. The first-order valence-corrected chi connectivity index (χ1v) is 21.2. The van der Waals surface area contributed by atoms with E-state index in [2.05, 4.69) is 183 Å². The smallest absolute Gasteiger partial charge is 0.164 e. The first kappa shape index (κ1) is 31.3. The highest BCUT2D eigenvalue weighted by Gasteiger charge is 2.39. The molecular weight excluding hydrogens is 659 g/mol. The Kier molecular flexibility index (Phi) is 7.27. The molecule has 0 aliphatic carbocycles. The van der Waals surface area contributed by atoms with E-state index in [0.29, 0.717) is 17.5 Å². The summed E-state index contributed by atoms with van der Waals surface area (Å²) in [7, 11) is -1.94. The summed E-state index contributed by atoms with van der Waals surface area (Å²) >= 11 is 0. The van der Waals surface area contributed by atoms with Gasteiger partial charge in [-0.15, -0.1) is 0 Å². The summed E-state index contributed by atoms with van der Waals surface area (Å²) in [5.41, 5.74) is 10.3. The molecule has 0 unspecified atom stereocenters. The van der Waals surface area contributed by atoms with Crippen molar-refractivity contribution in [2.24, 2.45) is 0 Å². The third kappa shape index (κ3) is 5.38. The number of rotatable bonds is 5. The Balaban J connectivity index is 1.11. The van der Waals surface area contributed by atoms with Crippen molar-refractivity contribution in [3.63, 3.8) is 0 Å². The van der Waals surface area contributed by atoms with Gasteiger partial charge in [0.05, 0.1) is 0 Å². The van der Waals surface area contributed by atoms with Crippen molar-refractivity contribution in [3.8, 4) is 67.5 Å². The van der Waals surface area contributed by atoms with E-state index in [-0.39, 0.29) is 0 Å². The fourth-order valence-electron chi connectivity index (χ4n) is 8.16. The number of benzene rings is 8. The lowest BCUT2D eigenvalue weighted by atomic mass is 9.99. The van der Waals surface area contributed by atoms with E-state index in [9.17, 15) is 0 Å². The lowest BCUT2D eigenvalue weighted by molar-refractivity contribution is 1.07.